The first-order valence-electron chi connectivity index (χ1n) is 35.1. The van der Waals surface area contributed by atoms with Gasteiger partial charge in [0.25, 0.3) is 0 Å². The number of aliphatic hydroxyl groups excluding tert-OH is 2. The van der Waals surface area contributed by atoms with E-state index in [1.54, 1.807) is 0 Å². The highest BCUT2D eigenvalue weighted by Gasteiger charge is 2.20. The Hall–Kier alpha value is -1.66. The number of rotatable bonds is 66. The summed E-state index contributed by atoms with van der Waals surface area (Å²) in [6.45, 7) is 4.97. The Labute approximate surface area is 481 Å². The van der Waals surface area contributed by atoms with Crippen LogP contribution in [0, 0.1) is 0 Å². The molecule has 0 spiro atoms. The van der Waals surface area contributed by atoms with Crippen LogP contribution in [-0.2, 0) is 14.3 Å². The molecule has 456 valence electrons. The van der Waals surface area contributed by atoms with Crippen LogP contribution in [0.15, 0.2) is 24.3 Å². The van der Waals surface area contributed by atoms with E-state index in [-0.39, 0.29) is 18.5 Å². The number of hydrogen-bond donors (Lipinski definition) is 3. The Morgan fingerprint density at radius 1 is 0.351 bits per heavy atom. The van der Waals surface area contributed by atoms with E-state index in [2.05, 4.69) is 43.5 Å². The molecule has 0 saturated carbocycles. The molecule has 6 nitrogen and oxygen atoms in total. The van der Waals surface area contributed by atoms with Crippen LogP contribution in [0.1, 0.15) is 393 Å². The van der Waals surface area contributed by atoms with E-state index in [0.717, 1.165) is 44.9 Å². The topological polar surface area (TPSA) is 95.9 Å². The smallest absolute Gasteiger partial charge is 0.305 e. The summed E-state index contributed by atoms with van der Waals surface area (Å²) < 4.78 is 5.50. The fourth-order valence-electron chi connectivity index (χ4n) is 11.1. The van der Waals surface area contributed by atoms with Gasteiger partial charge in [0.1, 0.15) is 0 Å². The van der Waals surface area contributed by atoms with Gasteiger partial charge >= 0.3 is 5.97 Å². The Morgan fingerprint density at radius 2 is 0.610 bits per heavy atom. The molecule has 2 unspecified atom stereocenters. The predicted molar refractivity (Wildman–Crippen MR) is 338 cm³/mol. The van der Waals surface area contributed by atoms with Crippen LogP contribution < -0.4 is 5.32 Å². The lowest BCUT2D eigenvalue weighted by Gasteiger charge is -2.22. The van der Waals surface area contributed by atoms with Gasteiger partial charge in [0.05, 0.1) is 25.4 Å². The Balaban J connectivity index is 3.33. The van der Waals surface area contributed by atoms with Crippen molar-refractivity contribution in [2.75, 3.05) is 13.2 Å². The average molecular weight is 1080 g/mol. The maximum absolute atomic E-state index is 12.5. The molecule has 0 aliphatic heterocycles. The summed E-state index contributed by atoms with van der Waals surface area (Å²) in [5.74, 6) is -0.0166. The molecule has 3 N–H and O–H groups in total. The first-order valence-corrected chi connectivity index (χ1v) is 35.1. The van der Waals surface area contributed by atoms with Crippen molar-refractivity contribution in [2.45, 2.75) is 405 Å². The SMILES string of the molecule is CCCCCCCC/C=C\CCCCCCCCCC(=O)OCCCCCCCCCCCCCC/C=C\CCCCCCCCCCCCCCCCCC(=O)NC(CO)C(O)CCCCCCCCCCCCCC. The fourth-order valence-corrected chi connectivity index (χ4v) is 11.1. The van der Waals surface area contributed by atoms with Gasteiger partial charge in [0, 0.05) is 12.8 Å². The highest BCUT2D eigenvalue weighted by atomic mass is 16.5. The van der Waals surface area contributed by atoms with Crippen LogP contribution in [0.4, 0.5) is 0 Å². The van der Waals surface area contributed by atoms with Gasteiger partial charge in [-0.25, -0.2) is 0 Å². The van der Waals surface area contributed by atoms with Crippen LogP contribution in [0.3, 0.4) is 0 Å². The number of amides is 1. The second kappa shape index (κ2) is 66.8. The van der Waals surface area contributed by atoms with Gasteiger partial charge in [-0.3, -0.25) is 9.59 Å². The van der Waals surface area contributed by atoms with Crippen molar-refractivity contribution in [3.8, 4) is 0 Å². The molecule has 0 bridgehead atoms. The molecule has 77 heavy (non-hydrogen) atoms. The first-order chi connectivity index (χ1) is 38.0. The Morgan fingerprint density at radius 3 is 0.922 bits per heavy atom. The van der Waals surface area contributed by atoms with Crippen molar-refractivity contribution >= 4 is 11.9 Å². The number of ether oxygens (including phenoxy) is 1. The number of carbonyl (C=O) groups is 2. The zero-order chi connectivity index (χ0) is 55.7. The van der Waals surface area contributed by atoms with E-state index in [1.807, 2.05) is 0 Å². The van der Waals surface area contributed by atoms with Crippen molar-refractivity contribution in [3.63, 3.8) is 0 Å². The third kappa shape index (κ3) is 63.4. The summed E-state index contributed by atoms with van der Waals surface area (Å²) in [6.07, 6.45) is 83.8. The minimum atomic E-state index is -0.661. The van der Waals surface area contributed by atoms with Crippen molar-refractivity contribution in [1.29, 1.82) is 0 Å². The van der Waals surface area contributed by atoms with E-state index in [9.17, 15) is 19.8 Å². The number of aliphatic hydroxyl groups is 2. The molecule has 0 aromatic heterocycles. The lowest BCUT2D eigenvalue weighted by molar-refractivity contribution is -0.143. The van der Waals surface area contributed by atoms with E-state index in [0.29, 0.717) is 25.9 Å². The van der Waals surface area contributed by atoms with Gasteiger partial charge in [-0.2, -0.15) is 0 Å². The largest absolute Gasteiger partial charge is 0.466 e. The number of hydrogen-bond acceptors (Lipinski definition) is 5. The maximum atomic E-state index is 12.5. The van der Waals surface area contributed by atoms with Crippen molar-refractivity contribution in [2.24, 2.45) is 0 Å². The van der Waals surface area contributed by atoms with Crippen molar-refractivity contribution < 1.29 is 24.5 Å². The zero-order valence-corrected chi connectivity index (χ0v) is 52.2. The number of allylic oxidation sites excluding steroid dienone is 4. The Bertz CT molecular complexity index is 1200. The highest BCUT2D eigenvalue weighted by Crippen LogP contribution is 2.18. The summed E-state index contributed by atoms with van der Waals surface area (Å²) in [7, 11) is 0. The van der Waals surface area contributed by atoms with Gasteiger partial charge < -0.3 is 20.3 Å². The van der Waals surface area contributed by atoms with Gasteiger partial charge in [0.2, 0.25) is 5.91 Å². The van der Waals surface area contributed by atoms with E-state index in [4.69, 9.17) is 4.74 Å². The first kappa shape index (κ1) is 75.3. The number of carbonyl (C=O) groups excluding carboxylic acids is 2. The molecule has 0 aromatic rings. The minimum Gasteiger partial charge on any atom is -0.466 e. The van der Waals surface area contributed by atoms with Crippen LogP contribution in [-0.4, -0.2) is 47.4 Å². The quantitative estimate of drug-likeness (QED) is 0.0320. The molecule has 0 aliphatic rings. The number of unbranched alkanes of at least 4 members (excludes halogenated alkanes) is 51. The molecule has 1 amide bonds. The molecule has 6 heteroatoms. The monoisotopic (exact) mass is 1080 g/mol. The van der Waals surface area contributed by atoms with E-state index in [1.165, 1.54) is 315 Å². The normalized spacial score (nSPS) is 12.6. The summed E-state index contributed by atoms with van der Waals surface area (Å²) in [5, 5.41) is 23.3. The molecular weight excluding hydrogens is 947 g/mol. The van der Waals surface area contributed by atoms with Crippen molar-refractivity contribution in [1.82, 2.24) is 5.32 Å². The number of nitrogens with one attached hydrogen (secondary N) is 1. The van der Waals surface area contributed by atoms with Crippen LogP contribution in [0.2, 0.25) is 0 Å². The molecule has 0 aliphatic carbocycles. The standard InChI is InChI=1S/C71H137NO5/c1-3-5-7-9-11-13-15-17-18-34-38-41-45-49-53-57-61-65-71(76)77-66-62-58-54-50-46-42-39-36-33-31-29-27-25-23-21-19-20-22-24-26-28-30-32-35-37-40-44-48-52-56-60-64-70(75)72-68(67-73)69(74)63-59-55-51-47-43-16-14-12-10-8-6-4-2/h17-18,21,23,68-69,73-74H,3-16,19-20,22,24-67H2,1-2H3,(H,72,75)/b18-17-,23-21-. The summed E-state index contributed by atoms with van der Waals surface area (Å²) in [6, 6.07) is -0.538. The Kier molecular flexibility index (Phi) is 65.4. The molecule has 0 saturated heterocycles. The second-order valence-corrected chi connectivity index (χ2v) is 24.2. The van der Waals surface area contributed by atoms with Crippen molar-refractivity contribution in [3.05, 3.63) is 24.3 Å². The zero-order valence-electron chi connectivity index (χ0n) is 52.2. The molecule has 0 rings (SSSR count). The predicted octanol–water partition coefficient (Wildman–Crippen LogP) is 22.5. The van der Waals surface area contributed by atoms with E-state index >= 15 is 0 Å². The summed E-state index contributed by atoms with van der Waals surface area (Å²) in [5.41, 5.74) is 0. The van der Waals surface area contributed by atoms with Crippen LogP contribution in [0.25, 0.3) is 0 Å². The van der Waals surface area contributed by atoms with Gasteiger partial charge in [-0.15, -0.1) is 0 Å². The molecule has 0 radical (unpaired) electrons. The third-order valence-electron chi connectivity index (χ3n) is 16.5. The minimum absolute atomic E-state index is 0.0149. The van der Waals surface area contributed by atoms with Crippen LogP contribution in [0.5, 0.6) is 0 Å². The van der Waals surface area contributed by atoms with Gasteiger partial charge in [0.15, 0.2) is 0 Å². The lowest BCUT2D eigenvalue weighted by atomic mass is 10.0. The molecule has 2 atom stereocenters. The fraction of sp³-hybridized carbons (Fsp3) is 0.915. The summed E-state index contributed by atoms with van der Waals surface area (Å²) in [4.78, 5) is 24.6. The molecule has 0 heterocycles. The average Bonchev–Trinajstić information content (AvgIpc) is 3.43. The van der Waals surface area contributed by atoms with Crippen LogP contribution >= 0.6 is 0 Å². The number of esters is 1. The summed E-state index contributed by atoms with van der Waals surface area (Å²) >= 11 is 0. The molecule has 0 fully saturated rings. The van der Waals surface area contributed by atoms with Gasteiger partial charge in [-0.1, -0.05) is 327 Å². The maximum Gasteiger partial charge on any atom is 0.305 e. The lowest BCUT2D eigenvalue weighted by Crippen LogP contribution is -2.45. The van der Waals surface area contributed by atoms with Gasteiger partial charge in [-0.05, 0) is 77.0 Å². The van der Waals surface area contributed by atoms with E-state index < -0.39 is 12.1 Å². The highest BCUT2D eigenvalue weighted by molar-refractivity contribution is 5.76. The second-order valence-electron chi connectivity index (χ2n) is 24.2. The molecular formula is C71H137NO5. The molecule has 0 aromatic carbocycles. The third-order valence-corrected chi connectivity index (χ3v) is 16.5.